The molecular weight excluding hydrogens is 465 g/mol. The van der Waals surface area contributed by atoms with Gasteiger partial charge in [0.25, 0.3) is 5.56 Å². The number of ketones is 1. The van der Waals surface area contributed by atoms with E-state index in [9.17, 15) is 22.8 Å². The molecule has 9 heteroatoms. The van der Waals surface area contributed by atoms with Crippen LogP contribution in [-0.2, 0) is 6.42 Å². The summed E-state index contributed by atoms with van der Waals surface area (Å²) in [7, 11) is 1.57. The molecule has 1 heterocycles. The van der Waals surface area contributed by atoms with Gasteiger partial charge in [0.15, 0.2) is 5.78 Å². The third kappa shape index (κ3) is 7.21. The molecule has 0 radical (unpaired) electrons. The van der Waals surface area contributed by atoms with E-state index in [4.69, 9.17) is 4.74 Å². The standard InChI is InChI=1S/C25H25F3N2O3S/c1-15(2)20(17-6-10-19(11-7-17)34-25(26,27)28)13-22(31)21-14-24(32)30-23(29-21)12-16-4-8-18(33-3)9-5-16/h4-11,14-15,20H,12-13H2,1-3H3,(H,29,30,32)/t20-/m1/s1. The molecule has 0 unspecified atom stereocenters. The molecule has 34 heavy (non-hydrogen) atoms. The number of aromatic amines is 1. The molecule has 1 aromatic heterocycles. The monoisotopic (exact) mass is 490 g/mol. The number of nitrogens with zero attached hydrogens (tertiary/aromatic N) is 1. The summed E-state index contributed by atoms with van der Waals surface area (Å²) in [6.07, 6.45) is 0.425. The lowest BCUT2D eigenvalue weighted by Crippen LogP contribution is -2.19. The van der Waals surface area contributed by atoms with Crippen LogP contribution in [0, 0.1) is 5.92 Å². The van der Waals surface area contributed by atoms with E-state index < -0.39 is 11.1 Å². The van der Waals surface area contributed by atoms with Crippen molar-refractivity contribution >= 4 is 17.5 Å². The quantitative estimate of drug-likeness (QED) is 0.295. The Morgan fingerprint density at radius 2 is 1.74 bits per heavy atom. The largest absolute Gasteiger partial charge is 0.497 e. The number of halogens is 3. The molecule has 0 amide bonds. The highest BCUT2D eigenvalue weighted by Crippen LogP contribution is 2.38. The van der Waals surface area contributed by atoms with Crippen LogP contribution in [0.3, 0.4) is 0 Å². The average Bonchev–Trinajstić information content (AvgIpc) is 2.77. The number of alkyl halides is 3. The van der Waals surface area contributed by atoms with E-state index in [2.05, 4.69) is 9.97 Å². The van der Waals surface area contributed by atoms with Crippen molar-refractivity contribution in [3.63, 3.8) is 0 Å². The van der Waals surface area contributed by atoms with Gasteiger partial charge >= 0.3 is 5.51 Å². The highest BCUT2D eigenvalue weighted by molar-refractivity contribution is 8.00. The molecule has 1 atom stereocenters. The molecular formula is C25H25F3N2O3S. The van der Waals surface area contributed by atoms with Crippen LogP contribution in [0.15, 0.2) is 64.3 Å². The summed E-state index contributed by atoms with van der Waals surface area (Å²) in [5, 5.41) is 0. The van der Waals surface area contributed by atoms with Gasteiger partial charge in [-0.05, 0) is 59.0 Å². The van der Waals surface area contributed by atoms with Gasteiger partial charge < -0.3 is 9.72 Å². The maximum atomic E-state index is 13.0. The number of carbonyl (C=O) groups excluding carboxylic acids is 1. The van der Waals surface area contributed by atoms with Gasteiger partial charge in [-0.25, -0.2) is 4.98 Å². The number of nitrogens with one attached hydrogen (secondary N) is 1. The van der Waals surface area contributed by atoms with E-state index in [0.29, 0.717) is 18.0 Å². The van der Waals surface area contributed by atoms with Crippen molar-refractivity contribution in [2.45, 2.75) is 43.0 Å². The van der Waals surface area contributed by atoms with Crippen molar-refractivity contribution in [1.82, 2.24) is 9.97 Å². The van der Waals surface area contributed by atoms with Gasteiger partial charge in [-0.15, -0.1) is 0 Å². The smallest absolute Gasteiger partial charge is 0.446 e. The molecule has 180 valence electrons. The number of rotatable bonds is 9. The molecule has 0 saturated heterocycles. The van der Waals surface area contributed by atoms with E-state index in [1.165, 1.54) is 18.2 Å². The number of carbonyl (C=O) groups is 1. The van der Waals surface area contributed by atoms with Crippen molar-refractivity contribution in [2.75, 3.05) is 7.11 Å². The van der Waals surface area contributed by atoms with Gasteiger partial charge in [0.1, 0.15) is 17.3 Å². The minimum atomic E-state index is -4.36. The zero-order valence-corrected chi connectivity index (χ0v) is 19.8. The van der Waals surface area contributed by atoms with Crippen molar-refractivity contribution in [3.8, 4) is 5.75 Å². The molecule has 0 aliphatic heterocycles. The van der Waals surface area contributed by atoms with E-state index in [1.807, 2.05) is 26.0 Å². The van der Waals surface area contributed by atoms with E-state index >= 15 is 0 Å². The van der Waals surface area contributed by atoms with Gasteiger partial charge in [0, 0.05) is 23.8 Å². The average molecular weight is 491 g/mol. The van der Waals surface area contributed by atoms with Gasteiger partial charge in [-0.3, -0.25) is 9.59 Å². The van der Waals surface area contributed by atoms with E-state index in [1.54, 1.807) is 31.4 Å². The van der Waals surface area contributed by atoms with Crippen molar-refractivity contribution in [2.24, 2.45) is 5.92 Å². The van der Waals surface area contributed by atoms with Crippen LogP contribution in [0.2, 0.25) is 0 Å². The molecule has 3 rings (SSSR count). The van der Waals surface area contributed by atoms with Crippen LogP contribution in [0.1, 0.15) is 53.6 Å². The van der Waals surface area contributed by atoms with Gasteiger partial charge in [-0.1, -0.05) is 38.1 Å². The summed E-state index contributed by atoms with van der Waals surface area (Å²) < 4.78 is 42.9. The summed E-state index contributed by atoms with van der Waals surface area (Å²) in [4.78, 5) is 32.4. The third-order valence-electron chi connectivity index (χ3n) is 5.36. The highest BCUT2D eigenvalue weighted by Gasteiger charge is 2.29. The van der Waals surface area contributed by atoms with Crippen LogP contribution in [-0.4, -0.2) is 28.4 Å². The minimum absolute atomic E-state index is 0.0471. The summed E-state index contributed by atoms with van der Waals surface area (Å²) in [6, 6.07) is 14.5. The Labute approximate surface area is 199 Å². The second kappa shape index (κ2) is 10.9. The molecule has 0 aliphatic rings. The zero-order chi connectivity index (χ0) is 24.9. The fourth-order valence-electron chi connectivity index (χ4n) is 3.63. The van der Waals surface area contributed by atoms with Gasteiger partial charge in [-0.2, -0.15) is 13.2 Å². The summed E-state index contributed by atoms with van der Waals surface area (Å²) in [5.41, 5.74) is -3.05. The molecule has 0 bridgehead atoms. The Morgan fingerprint density at radius 3 is 2.29 bits per heavy atom. The fraction of sp³-hybridized carbons (Fsp3) is 0.320. The Bertz CT molecular complexity index is 1170. The topological polar surface area (TPSA) is 72.0 Å². The van der Waals surface area contributed by atoms with Crippen LogP contribution >= 0.6 is 11.8 Å². The normalized spacial score (nSPS) is 12.6. The predicted octanol–water partition coefficient (Wildman–Crippen LogP) is 5.99. The zero-order valence-electron chi connectivity index (χ0n) is 19.0. The van der Waals surface area contributed by atoms with Gasteiger partial charge in [0.05, 0.1) is 7.11 Å². The first-order valence-corrected chi connectivity index (χ1v) is 11.5. The van der Waals surface area contributed by atoms with Crippen molar-refractivity contribution in [1.29, 1.82) is 0 Å². The minimum Gasteiger partial charge on any atom is -0.497 e. The first kappa shape index (κ1) is 25.6. The molecule has 3 aromatic rings. The predicted molar refractivity (Wildman–Crippen MR) is 126 cm³/mol. The number of benzene rings is 2. The van der Waals surface area contributed by atoms with Crippen LogP contribution in [0.5, 0.6) is 5.75 Å². The van der Waals surface area contributed by atoms with E-state index in [0.717, 1.165) is 11.1 Å². The first-order chi connectivity index (χ1) is 16.0. The third-order valence-corrected chi connectivity index (χ3v) is 6.10. The number of hydrogen-bond donors (Lipinski definition) is 1. The van der Waals surface area contributed by atoms with Crippen molar-refractivity contribution < 1.29 is 22.7 Å². The lowest BCUT2D eigenvalue weighted by Gasteiger charge is -2.21. The summed E-state index contributed by atoms with van der Waals surface area (Å²) >= 11 is -0.176. The fourth-order valence-corrected chi connectivity index (χ4v) is 4.17. The maximum Gasteiger partial charge on any atom is 0.446 e. The Kier molecular flexibility index (Phi) is 8.19. The summed E-state index contributed by atoms with van der Waals surface area (Å²) in [5.74, 6) is 0.596. The SMILES string of the molecule is COc1ccc(Cc2nc(C(=O)C[C@@H](c3ccc(SC(F)(F)F)cc3)C(C)C)cc(=O)[nH]2)cc1. The lowest BCUT2D eigenvalue weighted by molar-refractivity contribution is -0.0328. The van der Waals surface area contributed by atoms with Crippen LogP contribution in [0.4, 0.5) is 13.2 Å². The number of thioether (sulfide) groups is 1. The van der Waals surface area contributed by atoms with Gasteiger partial charge in [0.2, 0.25) is 0 Å². The number of Topliss-reactive ketones (excluding diaryl/α,β-unsaturated/α-hetero) is 1. The van der Waals surface area contributed by atoms with Crippen LogP contribution in [0.25, 0.3) is 0 Å². The maximum absolute atomic E-state index is 13.0. The molecule has 5 nitrogen and oxygen atoms in total. The number of ether oxygens (including phenoxy) is 1. The van der Waals surface area contributed by atoms with E-state index in [-0.39, 0.29) is 46.4 Å². The molecule has 0 spiro atoms. The Hall–Kier alpha value is -3.07. The van der Waals surface area contributed by atoms with Crippen molar-refractivity contribution in [3.05, 3.63) is 87.6 Å². The lowest BCUT2D eigenvalue weighted by atomic mass is 9.84. The second-order valence-corrected chi connectivity index (χ2v) is 9.34. The second-order valence-electron chi connectivity index (χ2n) is 8.20. The number of hydrogen-bond acceptors (Lipinski definition) is 5. The molecule has 2 aromatic carbocycles. The number of methoxy groups -OCH3 is 1. The molecule has 0 fully saturated rings. The number of aromatic nitrogens is 2. The van der Waals surface area contributed by atoms with Crippen LogP contribution < -0.4 is 10.3 Å². The highest BCUT2D eigenvalue weighted by atomic mass is 32.2. The Balaban J connectivity index is 1.77. The summed E-state index contributed by atoms with van der Waals surface area (Å²) in [6.45, 7) is 3.88. The number of H-pyrrole nitrogens is 1. The Morgan fingerprint density at radius 1 is 1.09 bits per heavy atom. The molecule has 0 saturated carbocycles. The first-order valence-electron chi connectivity index (χ1n) is 10.7. The molecule has 0 aliphatic carbocycles. The molecule has 1 N–H and O–H groups in total.